The summed E-state index contributed by atoms with van der Waals surface area (Å²) in [6.45, 7) is 10.2. The smallest absolute Gasteiger partial charge is 0.297 e. The van der Waals surface area contributed by atoms with Gasteiger partial charge >= 0.3 is 0 Å². The molecule has 2 aromatic carbocycles. The van der Waals surface area contributed by atoms with Crippen LogP contribution in [0.2, 0.25) is 0 Å². The fourth-order valence-corrected chi connectivity index (χ4v) is 5.16. The molecule has 0 saturated heterocycles. The van der Waals surface area contributed by atoms with Crippen molar-refractivity contribution in [3.05, 3.63) is 92.8 Å². The summed E-state index contributed by atoms with van der Waals surface area (Å²) in [6.07, 6.45) is 1.65. The normalized spacial score (nSPS) is 14.9. The van der Waals surface area contributed by atoms with E-state index in [1.54, 1.807) is 41.3 Å². The lowest BCUT2D eigenvalue weighted by atomic mass is 9.98. The average molecular weight is 489 g/mol. The number of hydrogen-bond donors (Lipinski definition) is 0. The van der Waals surface area contributed by atoms with Gasteiger partial charge in [-0.15, -0.1) is 11.3 Å². The lowest BCUT2D eigenvalue weighted by Gasteiger charge is -2.23. The van der Waals surface area contributed by atoms with Crippen molar-refractivity contribution in [2.24, 2.45) is 0 Å². The maximum atomic E-state index is 13.7. The first kappa shape index (κ1) is 22.9. The number of rotatable bonds is 7. The van der Waals surface area contributed by atoms with Gasteiger partial charge < -0.3 is 13.9 Å². The second kappa shape index (κ2) is 9.03. The highest BCUT2D eigenvalue weighted by molar-refractivity contribution is 7.15. The number of carbonyl (C=O) groups excluding carboxylic acids is 1. The zero-order chi connectivity index (χ0) is 24.7. The Labute approximate surface area is 206 Å². The van der Waals surface area contributed by atoms with E-state index in [0.29, 0.717) is 51.9 Å². The largest absolute Gasteiger partial charge is 0.490 e. The van der Waals surface area contributed by atoms with E-state index in [-0.39, 0.29) is 11.2 Å². The van der Waals surface area contributed by atoms with Crippen LogP contribution in [0.3, 0.4) is 0 Å². The van der Waals surface area contributed by atoms with E-state index >= 15 is 0 Å². The number of amides is 1. The maximum Gasteiger partial charge on any atom is 0.297 e. The number of nitrogens with zero attached hydrogens (tertiary/aromatic N) is 2. The van der Waals surface area contributed by atoms with E-state index in [4.69, 9.17) is 13.9 Å². The third-order valence-corrected chi connectivity index (χ3v) is 7.01. The van der Waals surface area contributed by atoms with Gasteiger partial charge in [0.05, 0.1) is 29.3 Å². The predicted molar refractivity (Wildman–Crippen MR) is 136 cm³/mol. The zero-order valence-electron chi connectivity index (χ0n) is 19.7. The molecule has 0 radical (unpaired) electrons. The molecule has 2 aromatic heterocycles. The Kier molecular flexibility index (Phi) is 5.90. The van der Waals surface area contributed by atoms with Crippen LogP contribution in [0.5, 0.6) is 11.5 Å². The highest BCUT2D eigenvalue weighted by Crippen LogP contribution is 2.44. The van der Waals surface area contributed by atoms with Gasteiger partial charge in [-0.3, -0.25) is 14.5 Å². The van der Waals surface area contributed by atoms with Crippen molar-refractivity contribution < 1.29 is 18.7 Å². The highest BCUT2D eigenvalue weighted by Gasteiger charge is 2.45. The molecule has 8 heteroatoms. The number of aromatic nitrogens is 1. The van der Waals surface area contributed by atoms with Crippen LogP contribution < -0.4 is 19.8 Å². The summed E-state index contributed by atoms with van der Waals surface area (Å²) >= 11 is 1.41. The molecular weight excluding hydrogens is 464 g/mol. The van der Waals surface area contributed by atoms with Gasteiger partial charge in [-0.1, -0.05) is 30.9 Å². The lowest BCUT2D eigenvalue weighted by molar-refractivity contribution is 0.0971. The molecule has 3 heterocycles. The summed E-state index contributed by atoms with van der Waals surface area (Å²) in [5.74, 6) is 0.711. The molecule has 0 aliphatic carbocycles. The van der Waals surface area contributed by atoms with Gasteiger partial charge in [0.25, 0.3) is 5.91 Å². The van der Waals surface area contributed by atoms with Crippen LogP contribution >= 0.6 is 11.3 Å². The molecule has 35 heavy (non-hydrogen) atoms. The molecule has 1 aliphatic heterocycles. The Balaban J connectivity index is 1.75. The van der Waals surface area contributed by atoms with Crippen molar-refractivity contribution in [3.8, 4) is 11.5 Å². The number of para-hydroxylation sites is 1. The first-order valence-electron chi connectivity index (χ1n) is 11.3. The molecule has 0 bridgehead atoms. The summed E-state index contributed by atoms with van der Waals surface area (Å²) < 4.78 is 17.6. The number of hydrogen-bond acceptors (Lipinski definition) is 7. The van der Waals surface area contributed by atoms with Crippen LogP contribution in [0.25, 0.3) is 11.0 Å². The van der Waals surface area contributed by atoms with Gasteiger partial charge in [0.15, 0.2) is 22.1 Å². The Morgan fingerprint density at radius 3 is 2.66 bits per heavy atom. The Hall–Kier alpha value is -3.91. The molecule has 0 N–H and O–H groups in total. The molecule has 0 saturated carbocycles. The summed E-state index contributed by atoms with van der Waals surface area (Å²) in [6, 6.07) is 11.7. The quantitative estimate of drug-likeness (QED) is 0.316. The minimum atomic E-state index is -0.726. The average Bonchev–Trinajstić information content (AvgIpc) is 3.34. The number of anilines is 1. The van der Waals surface area contributed by atoms with E-state index in [0.717, 1.165) is 10.6 Å². The summed E-state index contributed by atoms with van der Waals surface area (Å²) in [7, 11) is 0. The number of fused-ring (bicyclic) bond motifs is 2. The molecule has 0 spiro atoms. The third kappa shape index (κ3) is 3.80. The van der Waals surface area contributed by atoms with Crippen molar-refractivity contribution in [1.29, 1.82) is 0 Å². The summed E-state index contributed by atoms with van der Waals surface area (Å²) in [5.41, 5.74) is 1.96. The van der Waals surface area contributed by atoms with Gasteiger partial charge in [0.2, 0.25) is 5.76 Å². The van der Waals surface area contributed by atoms with Gasteiger partial charge in [-0.25, -0.2) is 4.98 Å². The molecule has 0 fully saturated rings. The first-order chi connectivity index (χ1) is 16.9. The van der Waals surface area contributed by atoms with Gasteiger partial charge in [0, 0.05) is 4.88 Å². The third-order valence-electron chi connectivity index (χ3n) is 5.94. The number of thiazole rings is 1. The van der Waals surface area contributed by atoms with Crippen molar-refractivity contribution in [3.63, 3.8) is 0 Å². The molecule has 1 unspecified atom stereocenters. The number of carbonyl (C=O) groups is 1. The fourth-order valence-electron chi connectivity index (χ4n) is 4.22. The Morgan fingerprint density at radius 2 is 1.94 bits per heavy atom. The second-order valence-electron chi connectivity index (χ2n) is 8.12. The molecule has 1 atom stereocenters. The number of ether oxygens (including phenoxy) is 2. The molecule has 5 rings (SSSR count). The monoisotopic (exact) mass is 488 g/mol. The first-order valence-corrected chi connectivity index (χ1v) is 12.1. The summed E-state index contributed by atoms with van der Waals surface area (Å²) in [4.78, 5) is 34.6. The summed E-state index contributed by atoms with van der Waals surface area (Å²) in [5, 5.41) is 0.933. The topological polar surface area (TPSA) is 81.9 Å². The van der Waals surface area contributed by atoms with Crippen LogP contribution in [0.15, 0.2) is 64.3 Å². The maximum absolute atomic E-state index is 13.7. The van der Waals surface area contributed by atoms with Crippen LogP contribution in [0.4, 0.5) is 5.13 Å². The van der Waals surface area contributed by atoms with Crippen LogP contribution in [0.1, 0.15) is 45.2 Å². The van der Waals surface area contributed by atoms with E-state index in [9.17, 15) is 9.59 Å². The van der Waals surface area contributed by atoms with Crippen molar-refractivity contribution in [2.45, 2.75) is 26.8 Å². The standard InChI is InChI=1S/C27H24N2O5S/c1-5-13-33-20-12-11-17(14-21(20)32-6-2)23-22-24(30)18-9-7-8-10-19(18)34-25(22)26(31)29(23)27-28-15(3)16(4)35-27/h5,7-12,14,23H,1,6,13H2,2-4H3. The minimum Gasteiger partial charge on any atom is -0.490 e. The van der Waals surface area contributed by atoms with Gasteiger partial charge in [-0.2, -0.15) is 0 Å². The Morgan fingerprint density at radius 1 is 1.14 bits per heavy atom. The van der Waals surface area contributed by atoms with E-state index in [1.165, 1.54) is 11.3 Å². The van der Waals surface area contributed by atoms with Gasteiger partial charge in [-0.05, 0) is 50.6 Å². The van der Waals surface area contributed by atoms with Crippen molar-refractivity contribution in [2.75, 3.05) is 18.1 Å². The minimum absolute atomic E-state index is 0.0362. The SMILES string of the molecule is C=CCOc1ccc(C2c3c(oc4ccccc4c3=O)C(=O)N2c2nc(C)c(C)s2)cc1OCC. The van der Waals surface area contributed by atoms with E-state index in [1.807, 2.05) is 32.9 Å². The zero-order valence-corrected chi connectivity index (χ0v) is 20.5. The van der Waals surface area contributed by atoms with Crippen LogP contribution in [0, 0.1) is 13.8 Å². The van der Waals surface area contributed by atoms with E-state index in [2.05, 4.69) is 11.6 Å². The molecule has 4 aromatic rings. The molecule has 1 aliphatic rings. The predicted octanol–water partition coefficient (Wildman–Crippen LogP) is 5.58. The highest BCUT2D eigenvalue weighted by atomic mass is 32.1. The molecule has 178 valence electrons. The number of aryl methyl sites for hydroxylation is 2. The fraction of sp³-hybridized carbons (Fsp3) is 0.222. The van der Waals surface area contributed by atoms with Gasteiger partial charge in [0.1, 0.15) is 12.2 Å². The molecular formula is C27H24N2O5S. The molecule has 7 nitrogen and oxygen atoms in total. The van der Waals surface area contributed by atoms with Crippen LogP contribution in [-0.4, -0.2) is 24.1 Å². The lowest BCUT2D eigenvalue weighted by Crippen LogP contribution is -2.29. The van der Waals surface area contributed by atoms with Crippen LogP contribution in [-0.2, 0) is 0 Å². The molecule has 1 amide bonds. The second-order valence-corrected chi connectivity index (χ2v) is 9.31. The van der Waals surface area contributed by atoms with E-state index < -0.39 is 11.9 Å². The number of benzene rings is 2. The Bertz CT molecular complexity index is 1500. The van der Waals surface area contributed by atoms with Crippen molar-refractivity contribution in [1.82, 2.24) is 4.98 Å². The van der Waals surface area contributed by atoms with Crippen molar-refractivity contribution >= 4 is 33.3 Å².